The highest BCUT2D eigenvalue weighted by Gasteiger charge is 2.48. The molecular formula is C33H29Cl2N3O6S2. The van der Waals surface area contributed by atoms with Crippen LogP contribution in [0.4, 0.5) is 5.13 Å². The van der Waals surface area contributed by atoms with Gasteiger partial charge in [0.05, 0.1) is 18.2 Å². The Morgan fingerprint density at radius 2 is 1.87 bits per heavy atom. The fourth-order valence-electron chi connectivity index (χ4n) is 5.01. The van der Waals surface area contributed by atoms with Crippen LogP contribution >= 0.6 is 46.3 Å². The number of nitrogens with zero attached hydrogens (tertiary/aromatic N) is 3. The number of rotatable bonds is 10. The second-order valence-corrected chi connectivity index (χ2v) is 14.0. The topological polar surface area (TPSA) is 111 Å². The summed E-state index contributed by atoms with van der Waals surface area (Å²) in [5, 5.41) is 21.5. The summed E-state index contributed by atoms with van der Waals surface area (Å²) in [5.74, 6) is 0.484. The largest absolute Gasteiger partial charge is 0.507 e. The van der Waals surface area contributed by atoms with E-state index in [1.54, 1.807) is 48.5 Å². The van der Waals surface area contributed by atoms with Gasteiger partial charge < -0.3 is 19.3 Å². The predicted octanol–water partition coefficient (Wildman–Crippen LogP) is 7.96. The van der Waals surface area contributed by atoms with Crippen molar-refractivity contribution >= 4 is 68.9 Å². The number of Topliss-reactive ketones (excluding diaryl/α,β-unsaturated/α-hetero) is 1. The van der Waals surface area contributed by atoms with Crippen LogP contribution in [0.1, 0.15) is 43.0 Å². The average molecular weight is 699 g/mol. The van der Waals surface area contributed by atoms with Crippen LogP contribution in [0.5, 0.6) is 17.2 Å². The molecule has 1 saturated heterocycles. The lowest BCUT2D eigenvalue weighted by Crippen LogP contribution is -2.29. The van der Waals surface area contributed by atoms with Crippen molar-refractivity contribution in [2.24, 2.45) is 5.92 Å². The molecule has 0 aliphatic carbocycles. The molecule has 0 saturated carbocycles. The first kappa shape index (κ1) is 32.2. The van der Waals surface area contributed by atoms with E-state index < -0.39 is 17.7 Å². The molecule has 1 fully saturated rings. The van der Waals surface area contributed by atoms with Crippen LogP contribution in [0.3, 0.4) is 0 Å². The first-order valence-corrected chi connectivity index (χ1v) is 17.1. The third kappa shape index (κ3) is 6.83. The van der Waals surface area contributed by atoms with E-state index in [1.165, 1.54) is 16.7 Å². The molecular weight excluding hydrogens is 669 g/mol. The molecule has 13 heteroatoms. The Labute approximate surface area is 284 Å². The van der Waals surface area contributed by atoms with E-state index in [1.807, 2.05) is 12.1 Å². The SMILES string of the molecule is CC(C)CCOc1cccc(C2/C(=C(/O)c3ccc4c(c3)OCCO4)C(=O)C(=O)N2c2nnc(SCc3ccc(Cl)cc3Cl)s2)c1. The number of aliphatic hydroxyl groups excluding tert-OH is 1. The average Bonchev–Trinajstić information content (AvgIpc) is 3.61. The Morgan fingerprint density at radius 3 is 2.65 bits per heavy atom. The first-order valence-electron chi connectivity index (χ1n) is 14.5. The molecule has 1 aromatic heterocycles. The lowest BCUT2D eigenvalue weighted by Gasteiger charge is -2.23. The van der Waals surface area contributed by atoms with Crippen molar-refractivity contribution in [3.8, 4) is 17.2 Å². The van der Waals surface area contributed by atoms with Crippen LogP contribution in [-0.4, -0.2) is 46.8 Å². The van der Waals surface area contributed by atoms with Gasteiger partial charge >= 0.3 is 5.91 Å². The molecule has 0 spiro atoms. The number of ketones is 1. The van der Waals surface area contributed by atoms with Gasteiger partial charge in [0.15, 0.2) is 15.8 Å². The summed E-state index contributed by atoms with van der Waals surface area (Å²) >= 11 is 14.9. The summed E-state index contributed by atoms with van der Waals surface area (Å²) < 4.78 is 17.9. The molecule has 3 aromatic carbocycles. The zero-order valence-electron chi connectivity index (χ0n) is 24.9. The molecule has 9 nitrogen and oxygen atoms in total. The van der Waals surface area contributed by atoms with E-state index in [0.29, 0.717) is 74.3 Å². The third-order valence-electron chi connectivity index (χ3n) is 7.37. The van der Waals surface area contributed by atoms with Gasteiger partial charge in [0.1, 0.15) is 24.7 Å². The van der Waals surface area contributed by atoms with Gasteiger partial charge in [-0.15, -0.1) is 10.2 Å². The first-order chi connectivity index (χ1) is 22.2. The predicted molar refractivity (Wildman–Crippen MR) is 180 cm³/mol. The van der Waals surface area contributed by atoms with E-state index in [4.69, 9.17) is 37.4 Å². The molecule has 4 aromatic rings. The standard InChI is InChI=1S/C33H29Cl2N3O6S2/c1-18(2)10-11-42-23-5-3-4-19(14-23)28-27(29(39)20-7-9-25-26(15-20)44-13-12-43-25)30(40)31(41)38(28)32-36-37-33(46-32)45-17-21-6-8-22(34)16-24(21)35/h3-9,14-16,18,28,39H,10-13,17H2,1-2H3/b29-27-. The second-order valence-electron chi connectivity index (χ2n) is 11.0. The van der Waals surface area contributed by atoms with Crippen molar-refractivity contribution in [2.45, 2.75) is 36.4 Å². The lowest BCUT2D eigenvalue weighted by atomic mass is 9.95. The summed E-state index contributed by atoms with van der Waals surface area (Å²) in [7, 11) is 0. The van der Waals surface area contributed by atoms with Crippen molar-refractivity contribution in [2.75, 3.05) is 24.7 Å². The van der Waals surface area contributed by atoms with Gasteiger partial charge in [-0.25, -0.2) is 0 Å². The van der Waals surface area contributed by atoms with Gasteiger partial charge in [-0.1, -0.05) is 78.3 Å². The number of aromatic nitrogens is 2. The number of ether oxygens (including phenoxy) is 3. The molecule has 1 atom stereocenters. The number of hydrogen-bond acceptors (Lipinski definition) is 10. The van der Waals surface area contributed by atoms with Crippen LogP contribution in [0.25, 0.3) is 5.76 Å². The molecule has 0 bridgehead atoms. The highest BCUT2D eigenvalue weighted by Crippen LogP contribution is 2.45. The molecule has 46 heavy (non-hydrogen) atoms. The number of amides is 1. The highest BCUT2D eigenvalue weighted by molar-refractivity contribution is 8.00. The zero-order valence-corrected chi connectivity index (χ0v) is 28.0. The van der Waals surface area contributed by atoms with Crippen LogP contribution in [-0.2, 0) is 15.3 Å². The number of anilines is 1. The summed E-state index contributed by atoms with van der Waals surface area (Å²) in [6.45, 7) is 5.50. The minimum Gasteiger partial charge on any atom is -0.507 e. The zero-order chi connectivity index (χ0) is 32.4. The van der Waals surface area contributed by atoms with Gasteiger partial charge in [0.25, 0.3) is 5.78 Å². The van der Waals surface area contributed by atoms with Crippen LogP contribution in [0.15, 0.2) is 70.6 Å². The van der Waals surface area contributed by atoms with Gasteiger partial charge in [-0.3, -0.25) is 14.5 Å². The maximum atomic E-state index is 13.7. The van der Waals surface area contributed by atoms with Gasteiger partial charge in [0.2, 0.25) is 5.13 Å². The van der Waals surface area contributed by atoms with Crippen molar-refractivity contribution in [1.29, 1.82) is 0 Å². The fourth-order valence-corrected chi connectivity index (χ4v) is 7.44. The number of fused-ring (bicyclic) bond motifs is 1. The Hall–Kier alpha value is -3.77. The number of carbonyl (C=O) groups excluding carboxylic acids is 2. The quantitative estimate of drug-likeness (QED) is 0.0580. The van der Waals surface area contributed by atoms with E-state index >= 15 is 0 Å². The molecule has 2 aliphatic heterocycles. The van der Waals surface area contributed by atoms with E-state index in [0.717, 1.165) is 23.3 Å². The summed E-state index contributed by atoms with van der Waals surface area (Å²) in [5.41, 5.74) is 1.66. The monoisotopic (exact) mass is 697 g/mol. The Bertz CT molecular complexity index is 1830. The van der Waals surface area contributed by atoms with Gasteiger partial charge in [-0.2, -0.15) is 0 Å². The number of halogens is 2. The smallest absolute Gasteiger partial charge is 0.301 e. The highest BCUT2D eigenvalue weighted by atomic mass is 35.5. The van der Waals surface area contributed by atoms with E-state index in [-0.39, 0.29) is 16.5 Å². The van der Waals surface area contributed by atoms with Crippen molar-refractivity contribution in [3.63, 3.8) is 0 Å². The molecule has 6 rings (SSSR count). The Kier molecular flexibility index (Phi) is 9.74. The Balaban J connectivity index is 1.38. The normalized spacial score (nSPS) is 17.2. The number of hydrogen-bond donors (Lipinski definition) is 1. The minimum atomic E-state index is -1.00. The van der Waals surface area contributed by atoms with Gasteiger partial charge in [-0.05, 0) is 65.9 Å². The molecule has 1 unspecified atom stereocenters. The number of carbonyl (C=O) groups is 2. The maximum absolute atomic E-state index is 13.7. The second kappa shape index (κ2) is 13.9. The van der Waals surface area contributed by atoms with Crippen molar-refractivity contribution < 1.29 is 28.9 Å². The van der Waals surface area contributed by atoms with Gasteiger partial charge in [0, 0.05) is 21.4 Å². The van der Waals surface area contributed by atoms with Crippen LogP contribution in [0, 0.1) is 5.92 Å². The molecule has 1 amide bonds. The molecule has 0 radical (unpaired) electrons. The molecule has 238 valence electrons. The minimum absolute atomic E-state index is 0.0849. The Morgan fingerprint density at radius 1 is 1.07 bits per heavy atom. The third-order valence-corrected chi connectivity index (χ3v) is 10.1. The van der Waals surface area contributed by atoms with Crippen molar-refractivity contribution in [3.05, 3.63) is 93.0 Å². The number of thioether (sulfide) groups is 1. The van der Waals surface area contributed by atoms with Crippen molar-refractivity contribution in [1.82, 2.24) is 10.2 Å². The maximum Gasteiger partial charge on any atom is 0.301 e. The summed E-state index contributed by atoms with van der Waals surface area (Å²) in [4.78, 5) is 28.7. The van der Waals surface area contributed by atoms with E-state index in [9.17, 15) is 14.7 Å². The molecule has 2 aliphatic rings. The number of aliphatic hydroxyl groups is 1. The summed E-state index contributed by atoms with van der Waals surface area (Å²) in [6, 6.07) is 16.3. The van der Waals surface area contributed by atoms with Crippen LogP contribution in [0.2, 0.25) is 10.0 Å². The molecule has 3 heterocycles. The van der Waals surface area contributed by atoms with E-state index in [2.05, 4.69) is 24.0 Å². The summed E-state index contributed by atoms with van der Waals surface area (Å²) in [6.07, 6.45) is 0.860. The van der Waals surface area contributed by atoms with Crippen LogP contribution < -0.4 is 19.1 Å². The molecule has 1 N–H and O–H groups in total. The fraction of sp³-hybridized carbons (Fsp3) is 0.273. The lowest BCUT2D eigenvalue weighted by molar-refractivity contribution is -0.132. The number of benzene rings is 3.